The molecule has 1 amide bonds. The highest BCUT2D eigenvalue weighted by molar-refractivity contribution is 6.31. The van der Waals surface area contributed by atoms with Gasteiger partial charge in [0.2, 0.25) is 5.91 Å². The number of anilines is 1. The highest BCUT2D eigenvalue weighted by Crippen LogP contribution is 2.33. The number of methoxy groups -OCH3 is 1. The van der Waals surface area contributed by atoms with E-state index in [2.05, 4.69) is 5.32 Å². The van der Waals surface area contributed by atoms with Crippen LogP contribution in [0.1, 0.15) is 19.8 Å². The standard InChI is InChI=1S/C14H19ClN2O2/c1-3-16-11-5-4-8-17(14(11)18)12-9-10(15)6-7-13(12)19-2/h6-7,9,11,16H,3-5,8H2,1-2H3. The molecule has 4 nitrogen and oxygen atoms in total. The Bertz CT molecular complexity index is 463. The van der Waals surface area contributed by atoms with Crippen LogP contribution in [0.3, 0.4) is 0 Å². The third-order valence-electron chi connectivity index (χ3n) is 3.32. The third-order valence-corrected chi connectivity index (χ3v) is 3.56. The van der Waals surface area contributed by atoms with Crippen LogP contribution in [0.25, 0.3) is 0 Å². The van der Waals surface area contributed by atoms with Gasteiger partial charge in [0.25, 0.3) is 0 Å². The Balaban J connectivity index is 2.29. The van der Waals surface area contributed by atoms with Crippen molar-refractivity contribution < 1.29 is 9.53 Å². The van der Waals surface area contributed by atoms with Crippen LogP contribution in [0.5, 0.6) is 5.75 Å². The van der Waals surface area contributed by atoms with Gasteiger partial charge in [-0.3, -0.25) is 4.79 Å². The van der Waals surface area contributed by atoms with Crippen molar-refractivity contribution in [3.63, 3.8) is 0 Å². The lowest BCUT2D eigenvalue weighted by molar-refractivity contribution is -0.121. The topological polar surface area (TPSA) is 41.6 Å². The molecular weight excluding hydrogens is 264 g/mol. The molecule has 1 fully saturated rings. The Kier molecular flexibility index (Phi) is 4.66. The van der Waals surface area contributed by atoms with Crippen molar-refractivity contribution in [3.8, 4) is 5.75 Å². The summed E-state index contributed by atoms with van der Waals surface area (Å²) in [5.41, 5.74) is 0.752. The van der Waals surface area contributed by atoms with Gasteiger partial charge < -0.3 is 15.0 Å². The number of likely N-dealkylation sites (N-methyl/N-ethyl adjacent to an activating group) is 1. The van der Waals surface area contributed by atoms with E-state index < -0.39 is 0 Å². The van der Waals surface area contributed by atoms with Crippen LogP contribution in [0.2, 0.25) is 5.02 Å². The Morgan fingerprint density at radius 2 is 2.32 bits per heavy atom. The fraction of sp³-hybridized carbons (Fsp3) is 0.500. The van der Waals surface area contributed by atoms with Crippen molar-refractivity contribution in [1.82, 2.24) is 5.32 Å². The molecule has 1 heterocycles. The van der Waals surface area contributed by atoms with Crippen molar-refractivity contribution in [2.24, 2.45) is 0 Å². The Morgan fingerprint density at radius 3 is 3.00 bits per heavy atom. The number of benzene rings is 1. The summed E-state index contributed by atoms with van der Waals surface area (Å²) >= 11 is 6.03. The van der Waals surface area contributed by atoms with E-state index in [9.17, 15) is 4.79 Å². The van der Waals surface area contributed by atoms with Crippen molar-refractivity contribution >= 4 is 23.2 Å². The molecule has 1 unspecified atom stereocenters. The summed E-state index contributed by atoms with van der Waals surface area (Å²) in [5.74, 6) is 0.767. The van der Waals surface area contributed by atoms with Crippen LogP contribution in [0.4, 0.5) is 5.69 Å². The largest absolute Gasteiger partial charge is 0.495 e. The van der Waals surface area contributed by atoms with Crippen molar-refractivity contribution in [3.05, 3.63) is 23.2 Å². The molecule has 19 heavy (non-hydrogen) atoms. The van der Waals surface area contributed by atoms with E-state index in [4.69, 9.17) is 16.3 Å². The monoisotopic (exact) mass is 282 g/mol. The summed E-state index contributed by atoms with van der Waals surface area (Å²) < 4.78 is 5.32. The Labute approximate surface area is 118 Å². The molecule has 0 aromatic heterocycles. The number of carbonyl (C=O) groups is 1. The molecule has 0 saturated carbocycles. The molecule has 1 N–H and O–H groups in total. The zero-order chi connectivity index (χ0) is 13.8. The lowest BCUT2D eigenvalue weighted by Crippen LogP contribution is -2.50. The number of hydrogen-bond donors (Lipinski definition) is 1. The third kappa shape index (κ3) is 3.01. The number of rotatable bonds is 4. The van der Waals surface area contributed by atoms with Gasteiger partial charge in [-0.15, -0.1) is 0 Å². The normalized spacial score (nSPS) is 19.6. The average molecular weight is 283 g/mol. The first-order valence-electron chi connectivity index (χ1n) is 6.55. The molecule has 1 saturated heterocycles. The molecule has 0 spiro atoms. The lowest BCUT2D eigenvalue weighted by atomic mass is 10.0. The number of nitrogens with zero attached hydrogens (tertiary/aromatic N) is 1. The van der Waals surface area contributed by atoms with Crippen LogP contribution < -0.4 is 15.0 Å². The van der Waals surface area contributed by atoms with Crippen LogP contribution in [0, 0.1) is 0 Å². The number of piperidine rings is 1. The van der Waals surface area contributed by atoms with Crippen LogP contribution in [0.15, 0.2) is 18.2 Å². The molecule has 1 atom stereocenters. The van der Waals surface area contributed by atoms with E-state index in [1.54, 1.807) is 30.2 Å². The maximum absolute atomic E-state index is 12.5. The van der Waals surface area contributed by atoms with E-state index in [1.807, 2.05) is 6.92 Å². The van der Waals surface area contributed by atoms with Gasteiger partial charge in [-0.25, -0.2) is 0 Å². The second-order valence-electron chi connectivity index (χ2n) is 4.56. The summed E-state index contributed by atoms with van der Waals surface area (Å²) in [4.78, 5) is 14.2. The summed E-state index contributed by atoms with van der Waals surface area (Å²) in [6.07, 6.45) is 1.85. The van der Waals surface area contributed by atoms with Crippen LogP contribution in [-0.4, -0.2) is 32.1 Å². The van der Waals surface area contributed by atoms with E-state index in [0.717, 1.165) is 25.1 Å². The summed E-state index contributed by atoms with van der Waals surface area (Å²) in [6.45, 7) is 3.50. The zero-order valence-electron chi connectivity index (χ0n) is 11.3. The van der Waals surface area contributed by atoms with Gasteiger partial charge in [0.1, 0.15) is 5.75 Å². The van der Waals surface area contributed by atoms with Crippen molar-refractivity contribution in [2.75, 3.05) is 25.1 Å². The molecule has 1 aliphatic heterocycles. The predicted octanol–water partition coefficient (Wildman–Crippen LogP) is 2.45. The maximum Gasteiger partial charge on any atom is 0.244 e. The minimum absolute atomic E-state index is 0.0914. The number of nitrogens with one attached hydrogen (secondary N) is 1. The maximum atomic E-state index is 12.5. The van der Waals surface area contributed by atoms with Crippen molar-refractivity contribution in [2.45, 2.75) is 25.8 Å². The minimum Gasteiger partial charge on any atom is -0.495 e. The smallest absolute Gasteiger partial charge is 0.244 e. The van der Waals surface area contributed by atoms with E-state index >= 15 is 0 Å². The molecule has 0 radical (unpaired) electrons. The number of amides is 1. The summed E-state index contributed by atoms with van der Waals surface area (Å²) in [7, 11) is 1.60. The minimum atomic E-state index is -0.109. The molecule has 2 rings (SSSR count). The molecule has 1 aromatic carbocycles. The number of hydrogen-bond acceptors (Lipinski definition) is 3. The number of halogens is 1. The van der Waals surface area contributed by atoms with Gasteiger partial charge in [0, 0.05) is 11.6 Å². The number of carbonyl (C=O) groups excluding carboxylic acids is 1. The van der Waals surface area contributed by atoms with E-state index in [0.29, 0.717) is 17.3 Å². The fourth-order valence-corrected chi connectivity index (χ4v) is 2.59. The molecular formula is C14H19ClN2O2. The SMILES string of the molecule is CCNC1CCCN(c2cc(Cl)ccc2OC)C1=O. The van der Waals surface area contributed by atoms with Gasteiger partial charge >= 0.3 is 0 Å². The molecule has 1 aromatic rings. The molecule has 0 bridgehead atoms. The first-order valence-corrected chi connectivity index (χ1v) is 6.93. The average Bonchev–Trinajstić information content (AvgIpc) is 2.41. The predicted molar refractivity (Wildman–Crippen MR) is 77.1 cm³/mol. The summed E-state index contributed by atoms with van der Waals surface area (Å²) in [5, 5.41) is 3.83. The number of ether oxygens (including phenoxy) is 1. The van der Waals surface area contributed by atoms with Crippen LogP contribution in [-0.2, 0) is 4.79 Å². The van der Waals surface area contributed by atoms with Gasteiger partial charge in [-0.1, -0.05) is 18.5 Å². The van der Waals surface area contributed by atoms with E-state index in [-0.39, 0.29) is 11.9 Å². The van der Waals surface area contributed by atoms with Gasteiger partial charge in [0.15, 0.2) is 0 Å². The molecule has 104 valence electrons. The highest BCUT2D eigenvalue weighted by Gasteiger charge is 2.30. The van der Waals surface area contributed by atoms with Gasteiger partial charge in [0.05, 0.1) is 18.8 Å². The Morgan fingerprint density at radius 1 is 1.53 bits per heavy atom. The second-order valence-corrected chi connectivity index (χ2v) is 4.99. The lowest BCUT2D eigenvalue weighted by Gasteiger charge is -2.33. The molecule has 0 aliphatic carbocycles. The summed E-state index contributed by atoms with van der Waals surface area (Å²) in [6, 6.07) is 5.23. The zero-order valence-corrected chi connectivity index (χ0v) is 12.0. The second kappa shape index (κ2) is 6.26. The Hall–Kier alpha value is -1.26. The van der Waals surface area contributed by atoms with Crippen molar-refractivity contribution in [1.29, 1.82) is 0 Å². The van der Waals surface area contributed by atoms with E-state index in [1.165, 1.54) is 0 Å². The molecule has 5 heteroatoms. The fourth-order valence-electron chi connectivity index (χ4n) is 2.42. The van der Waals surface area contributed by atoms with Gasteiger partial charge in [-0.2, -0.15) is 0 Å². The first-order chi connectivity index (χ1) is 9.17. The molecule has 1 aliphatic rings. The quantitative estimate of drug-likeness (QED) is 0.922. The highest BCUT2D eigenvalue weighted by atomic mass is 35.5. The first kappa shape index (κ1) is 14.2. The van der Waals surface area contributed by atoms with Crippen LogP contribution >= 0.6 is 11.6 Å². The van der Waals surface area contributed by atoms with Gasteiger partial charge in [-0.05, 0) is 37.6 Å².